The van der Waals surface area contributed by atoms with Crippen LogP contribution in [0.25, 0.3) is 0 Å². The molecule has 0 atom stereocenters. The number of carbonyl (C=O) groups is 2. The number of aromatic nitrogens is 2. The standard InChI is InChI=1S/C19H24N4O3S/c24-16-9-7-13(11-20-16)18(26)23-19-22-15(12-27-19)8-10-17(25)21-14-5-3-1-2-4-6-14/h7,9,11-12,14H,1-6,8,10H2,(H,20,24)(H,21,25)(H,22,23,26). The molecule has 7 nitrogen and oxygen atoms in total. The third-order valence-electron chi connectivity index (χ3n) is 4.65. The van der Waals surface area contributed by atoms with E-state index < -0.39 is 0 Å². The van der Waals surface area contributed by atoms with E-state index in [0.717, 1.165) is 18.5 Å². The zero-order valence-electron chi connectivity index (χ0n) is 15.1. The summed E-state index contributed by atoms with van der Waals surface area (Å²) in [5, 5.41) is 8.16. The van der Waals surface area contributed by atoms with Gasteiger partial charge < -0.3 is 10.3 Å². The zero-order valence-corrected chi connectivity index (χ0v) is 15.9. The fourth-order valence-electron chi connectivity index (χ4n) is 3.17. The second kappa shape index (κ2) is 9.45. The summed E-state index contributed by atoms with van der Waals surface area (Å²) in [7, 11) is 0. The van der Waals surface area contributed by atoms with Crippen molar-refractivity contribution in [1.82, 2.24) is 15.3 Å². The Kier molecular flexibility index (Phi) is 6.75. The minimum absolute atomic E-state index is 0.0636. The van der Waals surface area contributed by atoms with E-state index in [-0.39, 0.29) is 17.4 Å². The first-order chi connectivity index (χ1) is 13.1. The lowest BCUT2D eigenvalue weighted by molar-refractivity contribution is -0.121. The van der Waals surface area contributed by atoms with E-state index in [1.807, 2.05) is 5.38 Å². The molecule has 3 N–H and O–H groups in total. The van der Waals surface area contributed by atoms with E-state index in [2.05, 4.69) is 20.6 Å². The van der Waals surface area contributed by atoms with Crippen molar-refractivity contribution in [1.29, 1.82) is 0 Å². The molecule has 0 spiro atoms. The molecule has 1 saturated carbocycles. The van der Waals surface area contributed by atoms with Crippen molar-refractivity contribution in [3.8, 4) is 0 Å². The second-order valence-electron chi connectivity index (χ2n) is 6.80. The zero-order chi connectivity index (χ0) is 19.1. The molecule has 1 fully saturated rings. The highest BCUT2D eigenvalue weighted by molar-refractivity contribution is 7.14. The summed E-state index contributed by atoms with van der Waals surface area (Å²) in [4.78, 5) is 42.2. The van der Waals surface area contributed by atoms with Crippen molar-refractivity contribution < 1.29 is 9.59 Å². The molecule has 1 aliphatic rings. The number of aryl methyl sites for hydroxylation is 1. The normalized spacial score (nSPS) is 15.1. The van der Waals surface area contributed by atoms with Gasteiger partial charge in [0.15, 0.2) is 5.13 Å². The molecule has 8 heteroatoms. The first-order valence-electron chi connectivity index (χ1n) is 9.34. The molecule has 2 heterocycles. The van der Waals surface area contributed by atoms with Gasteiger partial charge in [0.1, 0.15) is 0 Å². The number of hydrogen-bond donors (Lipinski definition) is 3. The van der Waals surface area contributed by atoms with Crippen LogP contribution in [0.2, 0.25) is 0 Å². The molecule has 2 amide bonds. The molecule has 0 aromatic carbocycles. The molecule has 0 saturated heterocycles. The monoisotopic (exact) mass is 388 g/mol. The van der Waals surface area contributed by atoms with Gasteiger partial charge in [0.2, 0.25) is 11.5 Å². The Bertz CT molecular complexity index is 817. The lowest BCUT2D eigenvalue weighted by Gasteiger charge is -2.15. The molecule has 2 aromatic rings. The molecule has 0 aliphatic heterocycles. The van der Waals surface area contributed by atoms with Gasteiger partial charge in [0, 0.05) is 30.1 Å². The summed E-state index contributed by atoms with van der Waals surface area (Å²) in [6.07, 6.45) is 9.36. The Balaban J connectivity index is 1.46. The maximum Gasteiger partial charge on any atom is 0.258 e. The number of anilines is 1. The molecule has 2 aromatic heterocycles. The van der Waals surface area contributed by atoms with Gasteiger partial charge in [-0.05, 0) is 25.3 Å². The predicted octanol–water partition coefficient (Wildman–Crippen LogP) is 2.86. The largest absolute Gasteiger partial charge is 0.353 e. The average Bonchev–Trinajstić information content (AvgIpc) is 2.94. The van der Waals surface area contributed by atoms with Crippen LogP contribution in [0.15, 0.2) is 28.5 Å². The third-order valence-corrected chi connectivity index (χ3v) is 5.45. The molecular weight excluding hydrogens is 364 g/mol. The van der Waals surface area contributed by atoms with E-state index in [9.17, 15) is 14.4 Å². The molecular formula is C19H24N4O3S. The highest BCUT2D eigenvalue weighted by atomic mass is 32.1. The summed E-state index contributed by atoms with van der Waals surface area (Å²) < 4.78 is 0. The van der Waals surface area contributed by atoms with Crippen molar-refractivity contribution in [3.05, 3.63) is 45.3 Å². The van der Waals surface area contributed by atoms with Crippen LogP contribution in [0.3, 0.4) is 0 Å². The van der Waals surface area contributed by atoms with Crippen LogP contribution in [0, 0.1) is 0 Å². The van der Waals surface area contributed by atoms with Crippen LogP contribution in [-0.2, 0) is 11.2 Å². The summed E-state index contributed by atoms with van der Waals surface area (Å²) in [6.45, 7) is 0. The van der Waals surface area contributed by atoms with Gasteiger partial charge in [0.05, 0.1) is 11.3 Å². The number of nitrogens with one attached hydrogen (secondary N) is 3. The molecule has 0 unspecified atom stereocenters. The highest BCUT2D eigenvalue weighted by Gasteiger charge is 2.15. The van der Waals surface area contributed by atoms with Gasteiger partial charge in [-0.3, -0.25) is 19.7 Å². The summed E-state index contributed by atoms with van der Waals surface area (Å²) in [6, 6.07) is 3.07. The number of hydrogen-bond acceptors (Lipinski definition) is 5. The van der Waals surface area contributed by atoms with Gasteiger partial charge >= 0.3 is 0 Å². The number of H-pyrrole nitrogens is 1. The third kappa shape index (κ3) is 6.02. The van der Waals surface area contributed by atoms with Crippen molar-refractivity contribution in [2.45, 2.75) is 57.4 Å². The number of rotatable bonds is 6. The van der Waals surface area contributed by atoms with Crippen molar-refractivity contribution in [2.75, 3.05) is 5.32 Å². The smallest absolute Gasteiger partial charge is 0.258 e. The number of pyridine rings is 1. The SMILES string of the molecule is O=C(CCc1csc(NC(=O)c2ccc(=O)[nH]c2)n1)NC1CCCCCC1. The summed E-state index contributed by atoms with van der Waals surface area (Å²) >= 11 is 1.32. The summed E-state index contributed by atoms with van der Waals surface area (Å²) in [5.74, 6) is -0.271. The van der Waals surface area contributed by atoms with Crippen LogP contribution in [-0.4, -0.2) is 27.8 Å². The van der Waals surface area contributed by atoms with Gasteiger partial charge in [-0.15, -0.1) is 11.3 Å². The van der Waals surface area contributed by atoms with Crippen LogP contribution in [0.4, 0.5) is 5.13 Å². The minimum Gasteiger partial charge on any atom is -0.353 e. The van der Waals surface area contributed by atoms with E-state index >= 15 is 0 Å². The molecule has 3 rings (SSSR count). The Hall–Kier alpha value is -2.48. The lowest BCUT2D eigenvalue weighted by Crippen LogP contribution is -2.34. The first-order valence-corrected chi connectivity index (χ1v) is 10.2. The highest BCUT2D eigenvalue weighted by Crippen LogP contribution is 2.19. The van der Waals surface area contributed by atoms with Gasteiger partial charge in [-0.25, -0.2) is 4.98 Å². The Morgan fingerprint density at radius 1 is 1.19 bits per heavy atom. The van der Waals surface area contributed by atoms with Crippen LogP contribution in [0.1, 0.15) is 61.0 Å². The number of carbonyl (C=O) groups excluding carboxylic acids is 2. The Morgan fingerprint density at radius 3 is 2.67 bits per heavy atom. The fraction of sp³-hybridized carbons (Fsp3) is 0.474. The van der Waals surface area contributed by atoms with Crippen molar-refractivity contribution in [3.63, 3.8) is 0 Å². The van der Waals surface area contributed by atoms with E-state index in [1.54, 1.807) is 0 Å². The second-order valence-corrected chi connectivity index (χ2v) is 7.65. The van der Waals surface area contributed by atoms with Gasteiger partial charge in [0.25, 0.3) is 5.91 Å². The minimum atomic E-state index is -0.335. The van der Waals surface area contributed by atoms with Crippen molar-refractivity contribution in [2.24, 2.45) is 0 Å². The maximum absolute atomic E-state index is 12.2. The van der Waals surface area contributed by atoms with Crippen LogP contribution in [0.5, 0.6) is 0 Å². The molecule has 0 radical (unpaired) electrons. The van der Waals surface area contributed by atoms with Crippen LogP contribution >= 0.6 is 11.3 Å². The average molecular weight is 388 g/mol. The molecule has 27 heavy (non-hydrogen) atoms. The number of thiazole rings is 1. The van der Waals surface area contributed by atoms with Gasteiger partial charge in [-0.1, -0.05) is 25.7 Å². The van der Waals surface area contributed by atoms with Gasteiger partial charge in [-0.2, -0.15) is 0 Å². The molecule has 144 valence electrons. The summed E-state index contributed by atoms with van der Waals surface area (Å²) in [5.41, 5.74) is 0.882. The Labute approximate surface area is 161 Å². The first kappa shape index (κ1) is 19.3. The predicted molar refractivity (Wildman–Crippen MR) is 105 cm³/mol. The van der Waals surface area contributed by atoms with E-state index in [1.165, 1.54) is 55.3 Å². The van der Waals surface area contributed by atoms with E-state index in [4.69, 9.17) is 0 Å². The maximum atomic E-state index is 12.2. The number of nitrogens with zero attached hydrogens (tertiary/aromatic N) is 1. The number of amides is 2. The van der Waals surface area contributed by atoms with Crippen LogP contribution < -0.4 is 16.2 Å². The molecule has 0 bridgehead atoms. The lowest BCUT2D eigenvalue weighted by atomic mass is 10.1. The Morgan fingerprint density at radius 2 is 1.96 bits per heavy atom. The number of aromatic amines is 1. The van der Waals surface area contributed by atoms with E-state index in [0.29, 0.717) is 29.6 Å². The van der Waals surface area contributed by atoms with Crippen molar-refractivity contribution >= 4 is 28.3 Å². The fourth-order valence-corrected chi connectivity index (χ4v) is 3.91. The molecule has 1 aliphatic carbocycles. The topological polar surface area (TPSA) is 104 Å². The quantitative estimate of drug-likeness (QED) is 0.662.